The van der Waals surface area contributed by atoms with Crippen molar-refractivity contribution in [2.24, 2.45) is 0 Å². The molecule has 0 aliphatic heterocycles. The van der Waals surface area contributed by atoms with Crippen molar-refractivity contribution in [1.29, 1.82) is 0 Å². The van der Waals surface area contributed by atoms with Gasteiger partial charge in [0, 0.05) is 17.1 Å². The second-order valence-electron chi connectivity index (χ2n) is 5.66. The number of rotatable bonds is 6. The number of benzene rings is 2. The van der Waals surface area contributed by atoms with Gasteiger partial charge in [-0.15, -0.1) is 0 Å². The minimum absolute atomic E-state index is 0.00142. The molecule has 5 nitrogen and oxygen atoms in total. The summed E-state index contributed by atoms with van der Waals surface area (Å²) in [4.78, 5) is 12.6. The largest absolute Gasteiger partial charge is 0.459 e. The minimum Gasteiger partial charge on any atom is -0.459 e. The van der Waals surface area contributed by atoms with E-state index >= 15 is 0 Å². The second kappa shape index (κ2) is 7.76. The van der Waals surface area contributed by atoms with Crippen LogP contribution in [0.1, 0.15) is 21.7 Å². The Morgan fingerprint density at radius 1 is 1.00 bits per heavy atom. The van der Waals surface area contributed by atoms with Gasteiger partial charge in [-0.3, -0.25) is 4.79 Å². The number of sulfone groups is 1. The van der Waals surface area contributed by atoms with E-state index in [-0.39, 0.29) is 23.0 Å². The van der Waals surface area contributed by atoms with Gasteiger partial charge in [-0.05, 0) is 35.9 Å². The molecule has 2 aromatic carbocycles. The maximum atomic E-state index is 12.5. The topological polar surface area (TPSA) is 76.4 Å². The smallest absolute Gasteiger partial charge is 0.287 e. The van der Waals surface area contributed by atoms with E-state index in [1.807, 2.05) is 0 Å². The van der Waals surface area contributed by atoms with Gasteiger partial charge >= 0.3 is 0 Å². The van der Waals surface area contributed by atoms with E-state index in [1.54, 1.807) is 42.5 Å². The molecule has 0 atom stereocenters. The molecule has 1 heterocycles. The van der Waals surface area contributed by atoms with Gasteiger partial charge in [0.05, 0.1) is 16.9 Å². The summed E-state index contributed by atoms with van der Waals surface area (Å²) in [5.41, 5.74) is 1.19. The molecule has 0 fully saturated rings. The van der Waals surface area contributed by atoms with E-state index in [9.17, 15) is 13.2 Å². The molecule has 3 aromatic rings. The van der Waals surface area contributed by atoms with Crippen LogP contribution in [-0.2, 0) is 22.1 Å². The summed E-state index contributed by atoms with van der Waals surface area (Å²) >= 11 is 5.83. The highest BCUT2D eigenvalue weighted by atomic mass is 35.5. The lowest BCUT2D eigenvalue weighted by molar-refractivity contribution is 0.0922. The van der Waals surface area contributed by atoms with E-state index in [4.69, 9.17) is 16.0 Å². The number of amides is 1. The molecule has 0 aliphatic rings. The van der Waals surface area contributed by atoms with Crippen LogP contribution in [0.2, 0.25) is 5.02 Å². The molecule has 134 valence electrons. The zero-order valence-electron chi connectivity index (χ0n) is 13.7. The van der Waals surface area contributed by atoms with Crippen molar-refractivity contribution in [3.63, 3.8) is 0 Å². The third-order valence-corrected chi connectivity index (χ3v) is 5.70. The van der Waals surface area contributed by atoms with Crippen LogP contribution in [0.25, 0.3) is 0 Å². The second-order valence-corrected chi connectivity index (χ2v) is 8.08. The normalized spacial score (nSPS) is 11.3. The number of furan rings is 1. The Bertz CT molecular complexity index is 996. The first-order valence-corrected chi connectivity index (χ1v) is 9.85. The Morgan fingerprint density at radius 3 is 2.38 bits per heavy atom. The van der Waals surface area contributed by atoms with Crippen LogP contribution in [-0.4, -0.2) is 14.3 Å². The lowest BCUT2D eigenvalue weighted by Gasteiger charge is -2.07. The molecule has 3 rings (SSSR count). The molecule has 1 N–H and O–H groups in total. The van der Waals surface area contributed by atoms with Crippen molar-refractivity contribution in [2.45, 2.75) is 17.2 Å². The molecular weight excluding hydrogens is 374 g/mol. The van der Waals surface area contributed by atoms with Crippen LogP contribution >= 0.6 is 11.6 Å². The summed E-state index contributed by atoms with van der Waals surface area (Å²) in [6.45, 7) is 0.279. The molecule has 0 saturated heterocycles. The Labute approximate surface area is 156 Å². The van der Waals surface area contributed by atoms with Gasteiger partial charge in [0.25, 0.3) is 5.91 Å². The van der Waals surface area contributed by atoms with Crippen molar-refractivity contribution in [1.82, 2.24) is 5.32 Å². The van der Waals surface area contributed by atoms with Crippen molar-refractivity contribution >= 4 is 27.3 Å². The quantitative estimate of drug-likeness (QED) is 0.695. The first-order valence-electron chi connectivity index (χ1n) is 7.82. The first-order chi connectivity index (χ1) is 12.5. The fraction of sp³-hybridized carbons (Fsp3) is 0.105. The molecule has 7 heteroatoms. The average Bonchev–Trinajstić information content (AvgIpc) is 3.09. The average molecular weight is 390 g/mol. The Balaban J connectivity index is 1.71. The van der Waals surface area contributed by atoms with E-state index in [0.29, 0.717) is 10.6 Å². The molecule has 0 aliphatic carbocycles. The number of halogens is 1. The van der Waals surface area contributed by atoms with Crippen LogP contribution < -0.4 is 5.32 Å². The minimum atomic E-state index is -3.57. The summed E-state index contributed by atoms with van der Waals surface area (Å²) in [7, 11) is -3.57. The monoisotopic (exact) mass is 389 g/mol. The molecular formula is C19H16ClNO4S. The SMILES string of the molecule is O=C(NCc1ccc(Cl)cc1)c1occc1CS(=O)(=O)c1ccccc1. The van der Waals surface area contributed by atoms with Gasteiger partial charge in [0.15, 0.2) is 15.6 Å². The first kappa shape index (κ1) is 18.2. The fourth-order valence-electron chi connectivity index (χ4n) is 2.43. The zero-order valence-corrected chi connectivity index (χ0v) is 15.3. The van der Waals surface area contributed by atoms with Gasteiger partial charge in [-0.25, -0.2) is 8.42 Å². The van der Waals surface area contributed by atoms with Crippen LogP contribution in [0.5, 0.6) is 0 Å². The standard InChI is InChI=1S/C19H16ClNO4S/c20-16-8-6-14(7-9-16)12-21-19(22)18-15(10-11-25-18)13-26(23,24)17-4-2-1-3-5-17/h1-11H,12-13H2,(H,21,22). The highest BCUT2D eigenvalue weighted by molar-refractivity contribution is 7.90. The summed E-state index contributed by atoms with van der Waals surface area (Å²) in [5.74, 6) is -0.779. The summed E-state index contributed by atoms with van der Waals surface area (Å²) in [5, 5.41) is 3.33. The van der Waals surface area contributed by atoms with Gasteiger partial charge in [-0.2, -0.15) is 0 Å². The Morgan fingerprint density at radius 2 is 1.69 bits per heavy atom. The molecule has 0 spiro atoms. The van der Waals surface area contributed by atoms with Crippen LogP contribution in [0.15, 0.2) is 76.2 Å². The molecule has 0 radical (unpaired) electrons. The molecule has 1 aromatic heterocycles. The molecule has 0 unspecified atom stereocenters. The fourth-order valence-corrected chi connectivity index (χ4v) is 3.93. The Kier molecular flexibility index (Phi) is 5.44. The highest BCUT2D eigenvalue weighted by Gasteiger charge is 2.22. The maximum Gasteiger partial charge on any atom is 0.287 e. The van der Waals surface area contributed by atoms with Crippen LogP contribution in [0, 0.1) is 0 Å². The number of nitrogens with one attached hydrogen (secondary N) is 1. The van der Waals surface area contributed by atoms with Gasteiger partial charge < -0.3 is 9.73 Å². The predicted molar refractivity (Wildman–Crippen MR) is 98.7 cm³/mol. The molecule has 1 amide bonds. The van der Waals surface area contributed by atoms with Crippen LogP contribution in [0.4, 0.5) is 0 Å². The van der Waals surface area contributed by atoms with Crippen molar-refractivity contribution in [2.75, 3.05) is 0 Å². The van der Waals surface area contributed by atoms with E-state index in [1.165, 1.54) is 24.5 Å². The zero-order chi connectivity index (χ0) is 18.6. The third-order valence-electron chi connectivity index (χ3n) is 3.77. The number of carbonyl (C=O) groups is 1. The van der Waals surface area contributed by atoms with Gasteiger partial charge in [-0.1, -0.05) is 41.9 Å². The third kappa shape index (κ3) is 4.33. The maximum absolute atomic E-state index is 12.5. The van der Waals surface area contributed by atoms with E-state index in [2.05, 4.69) is 5.32 Å². The van der Waals surface area contributed by atoms with E-state index in [0.717, 1.165) is 5.56 Å². The van der Waals surface area contributed by atoms with Crippen molar-refractivity contribution in [3.05, 3.63) is 88.8 Å². The number of hydrogen-bond acceptors (Lipinski definition) is 4. The number of hydrogen-bond donors (Lipinski definition) is 1. The highest BCUT2D eigenvalue weighted by Crippen LogP contribution is 2.20. The van der Waals surface area contributed by atoms with E-state index < -0.39 is 15.7 Å². The Hall–Kier alpha value is -2.57. The lowest BCUT2D eigenvalue weighted by atomic mass is 10.2. The molecule has 0 bridgehead atoms. The van der Waals surface area contributed by atoms with Crippen LogP contribution in [0.3, 0.4) is 0 Å². The summed E-state index contributed by atoms with van der Waals surface area (Å²) in [6.07, 6.45) is 1.31. The van der Waals surface area contributed by atoms with Gasteiger partial charge in [0.2, 0.25) is 0 Å². The van der Waals surface area contributed by atoms with Gasteiger partial charge in [0.1, 0.15) is 0 Å². The lowest BCUT2D eigenvalue weighted by Crippen LogP contribution is -2.23. The number of carbonyl (C=O) groups excluding carboxylic acids is 1. The predicted octanol–water partition coefficient (Wildman–Crippen LogP) is 3.84. The van der Waals surface area contributed by atoms with Crippen molar-refractivity contribution in [3.8, 4) is 0 Å². The summed E-state index contributed by atoms with van der Waals surface area (Å²) in [6, 6.07) is 16.7. The van der Waals surface area contributed by atoms with Crippen molar-refractivity contribution < 1.29 is 17.6 Å². The molecule has 26 heavy (non-hydrogen) atoms. The molecule has 0 saturated carbocycles. The summed E-state index contributed by atoms with van der Waals surface area (Å²) < 4.78 is 30.2.